The first-order valence-electron chi connectivity index (χ1n) is 10.3. The second-order valence-electron chi connectivity index (χ2n) is 8.13. The van der Waals surface area contributed by atoms with Gasteiger partial charge >= 0.3 is 0 Å². The van der Waals surface area contributed by atoms with Crippen LogP contribution in [-0.2, 0) is 14.8 Å². The highest BCUT2D eigenvalue weighted by Crippen LogP contribution is 2.43. The lowest BCUT2D eigenvalue weighted by atomic mass is 9.89. The molecule has 1 amide bonds. The van der Waals surface area contributed by atoms with Gasteiger partial charge in [0.1, 0.15) is 11.3 Å². The Morgan fingerprint density at radius 3 is 2.45 bits per heavy atom. The summed E-state index contributed by atoms with van der Waals surface area (Å²) in [6.07, 6.45) is 1.48. The Labute approximate surface area is 190 Å². The molecule has 1 N–H and O–H groups in total. The van der Waals surface area contributed by atoms with E-state index in [2.05, 4.69) is 15.2 Å². The highest BCUT2D eigenvalue weighted by molar-refractivity contribution is 7.90. The molecule has 0 radical (unpaired) electrons. The van der Waals surface area contributed by atoms with Crippen LogP contribution in [0.1, 0.15) is 31.0 Å². The number of phenols is 1. The van der Waals surface area contributed by atoms with Crippen molar-refractivity contribution in [1.29, 1.82) is 0 Å². The van der Waals surface area contributed by atoms with E-state index in [4.69, 9.17) is 0 Å². The number of hydrogen-bond donors (Lipinski definition) is 1. The fourth-order valence-corrected chi connectivity index (χ4v) is 5.84. The van der Waals surface area contributed by atoms with Gasteiger partial charge in [-0.15, -0.1) is 4.41 Å². The van der Waals surface area contributed by atoms with Crippen LogP contribution in [0.25, 0.3) is 10.9 Å². The lowest BCUT2D eigenvalue weighted by molar-refractivity contribution is -0.130. The molecule has 3 heterocycles. The van der Waals surface area contributed by atoms with E-state index in [0.29, 0.717) is 5.71 Å². The maximum atomic E-state index is 13.7. The van der Waals surface area contributed by atoms with Crippen LogP contribution in [0.15, 0.2) is 69.8 Å². The van der Waals surface area contributed by atoms with Crippen LogP contribution in [0.3, 0.4) is 0 Å². The zero-order valence-corrected chi connectivity index (χ0v) is 19.0. The van der Waals surface area contributed by atoms with Gasteiger partial charge in [-0.1, -0.05) is 29.8 Å². The van der Waals surface area contributed by atoms with E-state index < -0.39 is 22.0 Å². The van der Waals surface area contributed by atoms with Gasteiger partial charge < -0.3 is 5.11 Å². The number of benzene rings is 2. The van der Waals surface area contributed by atoms with Crippen molar-refractivity contribution in [3.05, 3.63) is 65.9 Å². The maximum Gasteiger partial charge on any atom is 0.285 e. The number of amidine groups is 1. The lowest BCUT2D eigenvalue weighted by Gasteiger charge is -2.24. The first kappa shape index (κ1) is 21.1. The van der Waals surface area contributed by atoms with Crippen LogP contribution < -0.4 is 0 Å². The summed E-state index contributed by atoms with van der Waals surface area (Å²) in [4.78, 5) is 16.5. The van der Waals surface area contributed by atoms with Crippen molar-refractivity contribution in [3.63, 3.8) is 0 Å². The molecule has 2 unspecified atom stereocenters. The predicted molar refractivity (Wildman–Crippen MR) is 123 cm³/mol. The van der Waals surface area contributed by atoms with E-state index in [1.807, 2.05) is 31.2 Å². The Morgan fingerprint density at radius 2 is 1.76 bits per heavy atom. The molecular formula is C23H21N5O4S. The molecule has 1 aromatic heterocycles. The maximum absolute atomic E-state index is 13.7. The Hall–Kier alpha value is -3.79. The molecular weight excluding hydrogens is 442 g/mol. The highest BCUT2D eigenvalue weighted by Gasteiger charge is 2.51. The molecule has 0 aliphatic carbocycles. The van der Waals surface area contributed by atoms with Gasteiger partial charge in [0, 0.05) is 24.2 Å². The van der Waals surface area contributed by atoms with E-state index in [9.17, 15) is 18.3 Å². The third-order valence-corrected chi connectivity index (χ3v) is 7.55. The van der Waals surface area contributed by atoms with Crippen molar-refractivity contribution in [2.75, 3.05) is 0 Å². The van der Waals surface area contributed by atoms with Crippen LogP contribution >= 0.6 is 0 Å². The molecule has 33 heavy (non-hydrogen) atoms. The molecule has 10 heteroatoms. The number of phenolic OH excluding ortho intramolecular Hbond substituents is 1. The minimum Gasteiger partial charge on any atom is -0.506 e. The summed E-state index contributed by atoms with van der Waals surface area (Å²) in [6.45, 7) is 5.10. The number of aromatic nitrogens is 1. The lowest BCUT2D eigenvalue weighted by Crippen LogP contribution is -2.33. The topological polar surface area (TPSA) is 116 Å². The number of amides is 1. The number of fused-ring (bicyclic) bond motifs is 2. The van der Waals surface area contributed by atoms with E-state index >= 15 is 0 Å². The van der Waals surface area contributed by atoms with E-state index in [1.165, 1.54) is 30.3 Å². The Balaban J connectivity index is 1.63. The van der Waals surface area contributed by atoms with Gasteiger partial charge in [0.15, 0.2) is 5.84 Å². The average Bonchev–Trinajstić information content (AvgIpc) is 3.33. The van der Waals surface area contributed by atoms with Gasteiger partial charge in [-0.2, -0.15) is 18.6 Å². The van der Waals surface area contributed by atoms with Crippen LogP contribution in [0, 0.1) is 12.8 Å². The summed E-state index contributed by atoms with van der Waals surface area (Å²) in [6, 6.07) is 13.0. The Morgan fingerprint density at radius 1 is 1.03 bits per heavy atom. The number of aryl methyl sites for hydroxylation is 1. The van der Waals surface area contributed by atoms with Crippen molar-refractivity contribution in [1.82, 2.24) is 14.4 Å². The Bertz CT molecular complexity index is 1460. The summed E-state index contributed by atoms with van der Waals surface area (Å²) in [5, 5.41) is 20.5. The van der Waals surface area contributed by atoms with Crippen LogP contribution in [0.2, 0.25) is 0 Å². The number of carbonyl (C=O) groups is 1. The summed E-state index contributed by atoms with van der Waals surface area (Å²) in [5.41, 5.74) is 2.62. The molecule has 0 saturated carbocycles. The third-order valence-electron chi connectivity index (χ3n) is 5.92. The summed E-state index contributed by atoms with van der Waals surface area (Å²) < 4.78 is 28.4. The molecule has 2 atom stereocenters. The van der Waals surface area contributed by atoms with E-state index in [-0.39, 0.29) is 33.3 Å². The monoisotopic (exact) mass is 463 g/mol. The van der Waals surface area contributed by atoms with Gasteiger partial charge in [-0.05, 0) is 43.7 Å². The molecule has 0 spiro atoms. The number of sulfonamides is 1. The smallest absolute Gasteiger partial charge is 0.285 e. The summed E-state index contributed by atoms with van der Waals surface area (Å²) in [7, 11) is -4.20. The van der Waals surface area contributed by atoms with Crippen molar-refractivity contribution < 1.29 is 18.3 Å². The number of nitrogens with zero attached hydrogens (tertiary/aromatic N) is 5. The second kappa shape index (κ2) is 7.38. The van der Waals surface area contributed by atoms with Crippen LogP contribution in [0.4, 0.5) is 0 Å². The normalized spacial score (nSPS) is 20.1. The molecule has 0 saturated heterocycles. The van der Waals surface area contributed by atoms with Gasteiger partial charge in [-0.3, -0.25) is 9.78 Å². The third kappa shape index (κ3) is 3.17. The first-order valence-corrected chi connectivity index (χ1v) is 11.8. The van der Waals surface area contributed by atoms with Gasteiger partial charge in [-0.25, -0.2) is 5.01 Å². The minimum atomic E-state index is -4.20. The summed E-state index contributed by atoms with van der Waals surface area (Å²) in [5.74, 6) is -0.762. The molecule has 5 rings (SSSR count). The zero-order valence-electron chi connectivity index (χ0n) is 18.2. The zero-order chi connectivity index (χ0) is 23.5. The van der Waals surface area contributed by atoms with Crippen molar-refractivity contribution in [2.24, 2.45) is 16.1 Å². The summed E-state index contributed by atoms with van der Waals surface area (Å²) >= 11 is 0. The minimum absolute atomic E-state index is 0.0588. The molecule has 0 fully saturated rings. The fraction of sp³-hybridized carbons (Fsp3) is 0.217. The van der Waals surface area contributed by atoms with Gasteiger partial charge in [0.05, 0.1) is 16.9 Å². The molecule has 2 aliphatic heterocycles. The molecule has 2 aliphatic rings. The molecule has 2 aromatic carbocycles. The number of aromatic hydroxyl groups is 1. The standard InChI is InChI=1S/C23H21N5O4S/c1-13-6-8-16(9-7-13)22-20-14(2)25-28(23(20)26-27(22)15(3)29)33(31,32)19-11-10-18(30)21-17(19)5-4-12-24-21/h4-12,20,22,30H,1-3H3. The number of pyridine rings is 1. The van der Waals surface area contributed by atoms with Crippen LogP contribution in [0.5, 0.6) is 5.75 Å². The van der Waals surface area contributed by atoms with Crippen molar-refractivity contribution in [3.8, 4) is 5.75 Å². The SMILES string of the molecule is CC(=O)N1N=C2C(C(C)=NN2S(=O)(=O)c2ccc(O)c3ncccc23)C1c1ccc(C)cc1. The van der Waals surface area contributed by atoms with E-state index in [1.54, 1.807) is 19.1 Å². The van der Waals surface area contributed by atoms with Gasteiger partial charge in [0.2, 0.25) is 5.91 Å². The quantitative estimate of drug-likeness (QED) is 0.641. The largest absolute Gasteiger partial charge is 0.506 e. The van der Waals surface area contributed by atoms with Crippen molar-refractivity contribution >= 4 is 38.4 Å². The average molecular weight is 464 g/mol. The molecule has 9 nitrogen and oxygen atoms in total. The number of hydrogen-bond acceptors (Lipinski definition) is 7. The number of hydrazone groups is 2. The Kier molecular flexibility index (Phi) is 4.71. The second-order valence-corrected chi connectivity index (χ2v) is 9.86. The van der Waals surface area contributed by atoms with E-state index in [0.717, 1.165) is 15.5 Å². The first-order chi connectivity index (χ1) is 15.7. The fourth-order valence-electron chi connectivity index (χ4n) is 4.34. The highest BCUT2D eigenvalue weighted by atomic mass is 32.2. The van der Waals surface area contributed by atoms with Crippen LogP contribution in [-0.4, -0.2) is 45.4 Å². The number of rotatable bonds is 3. The number of carbonyl (C=O) groups excluding carboxylic acids is 1. The predicted octanol–water partition coefficient (Wildman–Crippen LogP) is 3.16. The van der Waals surface area contributed by atoms with Gasteiger partial charge in [0.25, 0.3) is 10.0 Å². The molecule has 3 aromatic rings. The molecule has 168 valence electrons. The molecule has 0 bridgehead atoms. The van der Waals surface area contributed by atoms with Crippen molar-refractivity contribution in [2.45, 2.75) is 31.7 Å².